The number of carbonyl (C=O) groups is 1. The first-order valence-corrected chi connectivity index (χ1v) is 9.86. The number of benzene rings is 1. The molecule has 0 saturated carbocycles. The lowest BCUT2D eigenvalue weighted by Crippen LogP contribution is -2.28. The van der Waals surface area contributed by atoms with Crippen LogP contribution in [0.2, 0.25) is 0 Å². The number of nitrogens with zero attached hydrogens (tertiary/aromatic N) is 5. The van der Waals surface area contributed by atoms with Crippen LogP contribution in [-0.2, 0) is 22.3 Å². The zero-order chi connectivity index (χ0) is 22.7. The Balaban J connectivity index is 1.50. The Kier molecular flexibility index (Phi) is 6.04. The number of likely N-dealkylation sites (tertiary alicyclic amines) is 1. The van der Waals surface area contributed by atoms with E-state index in [1.807, 2.05) is 6.07 Å². The summed E-state index contributed by atoms with van der Waals surface area (Å²) in [5.41, 5.74) is 1.32. The molecule has 3 heterocycles. The van der Waals surface area contributed by atoms with Crippen molar-refractivity contribution in [2.24, 2.45) is 0 Å². The van der Waals surface area contributed by atoms with Crippen LogP contribution >= 0.6 is 0 Å². The van der Waals surface area contributed by atoms with Crippen molar-refractivity contribution in [2.45, 2.75) is 24.9 Å². The van der Waals surface area contributed by atoms with Gasteiger partial charge in [0.25, 0.3) is 0 Å². The molecule has 1 aliphatic heterocycles. The molecule has 3 aromatic rings. The van der Waals surface area contributed by atoms with E-state index in [1.165, 1.54) is 18.2 Å². The fraction of sp³-hybridized carbons (Fsp3) is 0.273. The Bertz CT molecular complexity index is 1080. The van der Waals surface area contributed by atoms with E-state index < -0.39 is 17.8 Å². The minimum absolute atomic E-state index is 0.0968. The van der Waals surface area contributed by atoms with Crippen LogP contribution in [0.1, 0.15) is 17.2 Å². The highest BCUT2D eigenvalue weighted by Gasteiger charge is 2.37. The summed E-state index contributed by atoms with van der Waals surface area (Å²) >= 11 is 0. The normalized spacial score (nSPS) is 18.7. The van der Waals surface area contributed by atoms with Crippen LogP contribution < -0.4 is 0 Å². The molecule has 0 bridgehead atoms. The smallest absolute Gasteiger partial charge is 0.369 e. The molecule has 1 aromatic carbocycles. The average Bonchev–Trinajstić information content (AvgIpc) is 3.45. The SMILES string of the molecule is C=CC(=O)N1CC(n2cc(-c3cccnc3)nn2)[C@H](OCc2ccc(C(F)(F)F)cc2)C1. The summed E-state index contributed by atoms with van der Waals surface area (Å²) in [6.45, 7) is 4.27. The van der Waals surface area contributed by atoms with Gasteiger partial charge >= 0.3 is 6.18 Å². The van der Waals surface area contributed by atoms with Crippen molar-refractivity contribution in [3.8, 4) is 11.3 Å². The molecular formula is C22H20F3N5O2. The van der Waals surface area contributed by atoms with E-state index in [2.05, 4.69) is 21.9 Å². The van der Waals surface area contributed by atoms with Gasteiger partial charge < -0.3 is 9.64 Å². The molecule has 32 heavy (non-hydrogen) atoms. The third kappa shape index (κ3) is 4.70. The summed E-state index contributed by atoms with van der Waals surface area (Å²) in [6.07, 6.45) is 1.52. The molecule has 7 nitrogen and oxygen atoms in total. The first kappa shape index (κ1) is 21.7. The molecule has 10 heteroatoms. The predicted octanol–water partition coefficient (Wildman–Crippen LogP) is 3.51. The fourth-order valence-electron chi connectivity index (χ4n) is 3.56. The second kappa shape index (κ2) is 8.91. The molecule has 2 atom stereocenters. The molecule has 1 aliphatic rings. The minimum Gasteiger partial charge on any atom is -0.369 e. The number of hydrogen-bond acceptors (Lipinski definition) is 5. The third-order valence-electron chi connectivity index (χ3n) is 5.28. The number of carbonyl (C=O) groups excluding carboxylic acids is 1. The van der Waals surface area contributed by atoms with Gasteiger partial charge in [-0.25, -0.2) is 4.68 Å². The predicted molar refractivity (Wildman–Crippen MR) is 109 cm³/mol. The molecule has 1 amide bonds. The van der Waals surface area contributed by atoms with E-state index in [0.29, 0.717) is 24.3 Å². The van der Waals surface area contributed by atoms with Crippen molar-refractivity contribution < 1.29 is 22.7 Å². The van der Waals surface area contributed by atoms with Crippen LogP contribution in [0.3, 0.4) is 0 Å². The number of hydrogen-bond donors (Lipinski definition) is 0. The Hall–Kier alpha value is -3.53. The number of ether oxygens (including phenoxy) is 1. The van der Waals surface area contributed by atoms with Crippen molar-refractivity contribution in [3.05, 3.63) is 78.8 Å². The maximum absolute atomic E-state index is 12.8. The highest BCUT2D eigenvalue weighted by Crippen LogP contribution is 2.30. The van der Waals surface area contributed by atoms with Gasteiger partial charge in [-0.2, -0.15) is 13.2 Å². The summed E-state index contributed by atoms with van der Waals surface area (Å²) in [7, 11) is 0. The Morgan fingerprint density at radius 1 is 1.22 bits per heavy atom. The van der Waals surface area contributed by atoms with Gasteiger partial charge in [-0.3, -0.25) is 9.78 Å². The van der Waals surface area contributed by atoms with Gasteiger partial charge in [-0.05, 0) is 35.9 Å². The second-order valence-electron chi connectivity index (χ2n) is 7.38. The maximum Gasteiger partial charge on any atom is 0.416 e. The topological polar surface area (TPSA) is 73.1 Å². The quantitative estimate of drug-likeness (QED) is 0.545. The van der Waals surface area contributed by atoms with Gasteiger partial charge in [0.15, 0.2) is 0 Å². The number of amides is 1. The Morgan fingerprint density at radius 2 is 2.00 bits per heavy atom. The van der Waals surface area contributed by atoms with Gasteiger partial charge in [-0.1, -0.05) is 23.9 Å². The van der Waals surface area contributed by atoms with Gasteiger partial charge in [-0.15, -0.1) is 5.10 Å². The molecule has 0 aliphatic carbocycles. The second-order valence-corrected chi connectivity index (χ2v) is 7.38. The van der Waals surface area contributed by atoms with E-state index in [1.54, 1.807) is 34.2 Å². The largest absolute Gasteiger partial charge is 0.416 e. The summed E-state index contributed by atoms with van der Waals surface area (Å²) < 4.78 is 46.0. The standard InChI is InChI=1S/C22H20F3N5O2/c1-2-21(31)29-12-19(30-11-18(27-28-30)16-4-3-9-26-10-16)20(13-29)32-14-15-5-7-17(8-6-15)22(23,24)25/h2-11,19-20H,1,12-14H2/t19?,20-/m1/s1. The van der Waals surface area contributed by atoms with Crippen molar-refractivity contribution >= 4 is 5.91 Å². The molecule has 166 valence electrons. The van der Waals surface area contributed by atoms with Crippen molar-refractivity contribution in [1.82, 2.24) is 24.9 Å². The van der Waals surface area contributed by atoms with E-state index in [9.17, 15) is 18.0 Å². The molecule has 0 spiro atoms. The number of rotatable bonds is 6. The van der Waals surface area contributed by atoms with E-state index in [4.69, 9.17) is 4.74 Å². The zero-order valence-electron chi connectivity index (χ0n) is 16.9. The molecule has 1 unspecified atom stereocenters. The summed E-state index contributed by atoms with van der Waals surface area (Å²) in [6, 6.07) is 8.16. The average molecular weight is 443 g/mol. The lowest BCUT2D eigenvalue weighted by molar-refractivity contribution is -0.137. The summed E-state index contributed by atoms with van der Waals surface area (Å²) in [5, 5.41) is 8.40. The van der Waals surface area contributed by atoms with E-state index >= 15 is 0 Å². The Labute approximate surface area is 182 Å². The van der Waals surface area contributed by atoms with Crippen LogP contribution in [0.4, 0.5) is 13.2 Å². The molecule has 0 radical (unpaired) electrons. The van der Waals surface area contributed by atoms with Crippen LogP contribution in [-0.4, -0.2) is 50.0 Å². The minimum atomic E-state index is -4.39. The molecular weight excluding hydrogens is 423 g/mol. The van der Waals surface area contributed by atoms with Crippen molar-refractivity contribution in [2.75, 3.05) is 13.1 Å². The molecule has 4 rings (SSSR count). The van der Waals surface area contributed by atoms with Crippen LogP contribution in [0.15, 0.2) is 67.6 Å². The van der Waals surface area contributed by atoms with Crippen LogP contribution in [0.25, 0.3) is 11.3 Å². The zero-order valence-corrected chi connectivity index (χ0v) is 16.9. The maximum atomic E-state index is 12.8. The first-order chi connectivity index (χ1) is 15.3. The number of halogens is 3. The van der Waals surface area contributed by atoms with E-state index in [-0.39, 0.29) is 18.6 Å². The van der Waals surface area contributed by atoms with Gasteiger partial charge in [0.05, 0.1) is 30.5 Å². The van der Waals surface area contributed by atoms with Gasteiger partial charge in [0.1, 0.15) is 5.69 Å². The lowest BCUT2D eigenvalue weighted by Gasteiger charge is -2.19. The van der Waals surface area contributed by atoms with Gasteiger partial charge in [0, 0.05) is 31.0 Å². The van der Waals surface area contributed by atoms with Crippen molar-refractivity contribution in [1.29, 1.82) is 0 Å². The van der Waals surface area contributed by atoms with E-state index in [0.717, 1.165) is 17.7 Å². The third-order valence-corrected chi connectivity index (χ3v) is 5.28. The van der Waals surface area contributed by atoms with Crippen molar-refractivity contribution in [3.63, 3.8) is 0 Å². The molecule has 1 saturated heterocycles. The lowest BCUT2D eigenvalue weighted by atomic mass is 10.1. The monoisotopic (exact) mass is 443 g/mol. The first-order valence-electron chi connectivity index (χ1n) is 9.86. The number of pyridine rings is 1. The highest BCUT2D eigenvalue weighted by atomic mass is 19.4. The number of aromatic nitrogens is 4. The number of alkyl halides is 3. The molecule has 2 aromatic heterocycles. The molecule has 0 N–H and O–H groups in total. The molecule has 1 fully saturated rings. The Morgan fingerprint density at radius 3 is 2.66 bits per heavy atom. The highest BCUT2D eigenvalue weighted by molar-refractivity contribution is 5.87. The fourth-order valence-corrected chi connectivity index (χ4v) is 3.56. The summed E-state index contributed by atoms with van der Waals surface area (Å²) in [5.74, 6) is -0.233. The summed E-state index contributed by atoms with van der Waals surface area (Å²) in [4.78, 5) is 17.8. The van der Waals surface area contributed by atoms with Gasteiger partial charge in [0.2, 0.25) is 5.91 Å². The van der Waals surface area contributed by atoms with Crippen LogP contribution in [0.5, 0.6) is 0 Å². The van der Waals surface area contributed by atoms with Crippen LogP contribution in [0, 0.1) is 0 Å².